The zero-order valence-electron chi connectivity index (χ0n) is 21.2. The molecule has 0 aliphatic carbocycles. The molecule has 0 saturated carbocycles. The average molecular weight is 551 g/mol. The van der Waals surface area contributed by atoms with Crippen LogP contribution in [0.25, 0.3) is 11.1 Å². The van der Waals surface area contributed by atoms with Crippen LogP contribution in [0.2, 0.25) is 0 Å². The van der Waals surface area contributed by atoms with Gasteiger partial charge in [-0.1, -0.05) is 72.7 Å². The van der Waals surface area contributed by atoms with Gasteiger partial charge in [0.05, 0.1) is 23.8 Å². The first-order valence-electron chi connectivity index (χ1n) is 12.4. The Kier molecular flexibility index (Phi) is 8.01. The first-order valence-corrected chi connectivity index (χ1v) is 13.8. The van der Waals surface area contributed by atoms with Gasteiger partial charge >= 0.3 is 10.1 Å². The molecular weight excluding hydrogens is 523 g/mol. The lowest BCUT2D eigenvalue weighted by molar-refractivity contribution is 0.0627. The van der Waals surface area contributed by atoms with Crippen molar-refractivity contribution < 1.29 is 26.4 Å². The lowest BCUT2D eigenvalue weighted by Gasteiger charge is -2.29. The van der Waals surface area contributed by atoms with E-state index in [1.807, 2.05) is 43.3 Å². The number of hydrogen-bond donors (Lipinski definition) is 1. The number of hydrogen-bond acceptors (Lipinski definition) is 7. The van der Waals surface area contributed by atoms with Gasteiger partial charge in [-0.05, 0) is 29.3 Å². The lowest BCUT2D eigenvalue weighted by Crippen LogP contribution is -2.47. The summed E-state index contributed by atoms with van der Waals surface area (Å²) >= 11 is 0. The monoisotopic (exact) mass is 550 g/mol. The quantitative estimate of drug-likeness (QED) is 0.198. The number of morpholine rings is 1. The van der Waals surface area contributed by atoms with Crippen LogP contribution in [0, 0.1) is 5.82 Å². The molecule has 1 unspecified atom stereocenters. The molecule has 1 atom stereocenters. The van der Waals surface area contributed by atoms with Crippen molar-refractivity contribution in [3.63, 3.8) is 0 Å². The number of aliphatic imine (C=N–C) groups is 1. The standard InChI is InChI=1S/C28H27FN4O5S/c1-20(22-12-13-24(25(29)18-22)21-8-4-2-5-9-21)26-19-27(37-31-26)30-28(33-14-16-36-17-15-33)32-38-39(34,35)23-10-6-3-7-11-23/h2-13,18-20H,14-17H2,1H3,(H,30,32). The second-order valence-electron chi connectivity index (χ2n) is 8.90. The first kappa shape index (κ1) is 26.5. The normalized spacial score (nSPS) is 15.2. The Hall–Kier alpha value is -4.06. The smallest absolute Gasteiger partial charge is 0.317 e. The highest BCUT2D eigenvalue weighted by atomic mass is 32.2. The fourth-order valence-electron chi connectivity index (χ4n) is 4.12. The van der Waals surface area contributed by atoms with Crippen LogP contribution in [-0.4, -0.2) is 50.7 Å². The van der Waals surface area contributed by atoms with Crippen molar-refractivity contribution >= 4 is 22.0 Å². The molecule has 1 N–H and O–H groups in total. The van der Waals surface area contributed by atoms with Gasteiger partial charge in [-0.15, -0.1) is 4.28 Å². The Morgan fingerprint density at radius 1 is 1.03 bits per heavy atom. The summed E-state index contributed by atoms with van der Waals surface area (Å²) in [6, 6.07) is 23.8. The highest BCUT2D eigenvalue weighted by Crippen LogP contribution is 2.30. The van der Waals surface area contributed by atoms with E-state index in [2.05, 4.69) is 15.6 Å². The summed E-state index contributed by atoms with van der Waals surface area (Å²) in [5.74, 6) is -0.353. The topological polar surface area (TPSA) is 106 Å². The Morgan fingerprint density at radius 3 is 2.41 bits per heavy atom. The Morgan fingerprint density at radius 2 is 1.72 bits per heavy atom. The summed E-state index contributed by atoms with van der Waals surface area (Å²) in [6.45, 7) is 3.69. The Balaban J connectivity index is 1.35. The van der Waals surface area contributed by atoms with Crippen molar-refractivity contribution in [2.24, 2.45) is 4.99 Å². The number of rotatable bonds is 7. The summed E-state index contributed by atoms with van der Waals surface area (Å²) in [5, 5.41) is 4.12. The van der Waals surface area contributed by atoms with Crippen LogP contribution >= 0.6 is 0 Å². The van der Waals surface area contributed by atoms with Crippen molar-refractivity contribution in [1.82, 2.24) is 15.5 Å². The molecule has 0 bridgehead atoms. The van der Waals surface area contributed by atoms with Crippen molar-refractivity contribution in [3.05, 3.63) is 102 Å². The third kappa shape index (κ3) is 6.33. The molecule has 5 rings (SSSR count). The lowest BCUT2D eigenvalue weighted by atomic mass is 9.95. The van der Waals surface area contributed by atoms with Crippen molar-refractivity contribution in [3.8, 4) is 11.1 Å². The van der Waals surface area contributed by atoms with Gasteiger partial charge < -0.3 is 14.2 Å². The molecule has 0 amide bonds. The van der Waals surface area contributed by atoms with Crippen molar-refractivity contribution in [2.75, 3.05) is 26.3 Å². The number of halogens is 1. The first-order chi connectivity index (χ1) is 18.9. The molecule has 2 heterocycles. The van der Waals surface area contributed by atoms with Crippen LogP contribution in [0.15, 0.2) is 99.3 Å². The van der Waals surface area contributed by atoms with Crippen LogP contribution in [0.5, 0.6) is 0 Å². The molecule has 11 heteroatoms. The van der Waals surface area contributed by atoms with Crippen LogP contribution in [0.4, 0.5) is 10.3 Å². The van der Waals surface area contributed by atoms with Crippen LogP contribution < -0.4 is 5.48 Å². The third-order valence-corrected chi connectivity index (χ3v) is 7.49. The van der Waals surface area contributed by atoms with E-state index in [4.69, 9.17) is 13.5 Å². The van der Waals surface area contributed by atoms with E-state index < -0.39 is 10.1 Å². The maximum atomic E-state index is 14.9. The van der Waals surface area contributed by atoms with Gasteiger partial charge in [-0.2, -0.15) is 13.4 Å². The Bertz CT molecular complexity index is 1540. The van der Waals surface area contributed by atoms with Gasteiger partial charge in [-0.3, -0.25) is 0 Å². The van der Waals surface area contributed by atoms with Crippen molar-refractivity contribution in [2.45, 2.75) is 17.7 Å². The molecule has 1 saturated heterocycles. The minimum atomic E-state index is -4.09. The van der Waals surface area contributed by atoms with Crippen LogP contribution in [0.3, 0.4) is 0 Å². The molecule has 1 aliphatic rings. The summed E-state index contributed by atoms with van der Waals surface area (Å²) in [7, 11) is -4.09. The van der Waals surface area contributed by atoms with E-state index >= 15 is 0 Å². The van der Waals surface area contributed by atoms with Gasteiger partial charge in [0, 0.05) is 30.6 Å². The van der Waals surface area contributed by atoms with E-state index in [-0.39, 0.29) is 28.5 Å². The van der Waals surface area contributed by atoms with Crippen LogP contribution in [0.1, 0.15) is 24.1 Å². The molecule has 1 aromatic heterocycles. The fraction of sp³-hybridized carbons (Fsp3) is 0.214. The van der Waals surface area contributed by atoms with Gasteiger partial charge in [0.1, 0.15) is 5.82 Å². The number of ether oxygens (including phenoxy) is 1. The Labute approximate surface area is 226 Å². The van der Waals surface area contributed by atoms with E-state index in [9.17, 15) is 12.8 Å². The van der Waals surface area contributed by atoms with E-state index in [1.54, 1.807) is 35.2 Å². The van der Waals surface area contributed by atoms with Crippen molar-refractivity contribution in [1.29, 1.82) is 0 Å². The average Bonchev–Trinajstić information content (AvgIpc) is 3.45. The van der Waals surface area contributed by atoms with E-state index in [0.29, 0.717) is 37.6 Å². The predicted octanol–water partition coefficient (Wildman–Crippen LogP) is 4.86. The largest absolute Gasteiger partial charge is 0.378 e. The molecule has 0 spiro atoms. The number of nitrogens with zero attached hydrogens (tertiary/aromatic N) is 3. The number of hydroxylamine groups is 1. The molecule has 9 nitrogen and oxygen atoms in total. The zero-order chi connectivity index (χ0) is 27.2. The third-order valence-electron chi connectivity index (χ3n) is 6.34. The zero-order valence-corrected chi connectivity index (χ0v) is 22.0. The minimum absolute atomic E-state index is 0.000110. The van der Waals surface area contributed by atoms with Crippen LogP contribution in [-0.2, 0) is 19.1 Å². The minimum Gasteiger partial charge on any atom is -0.378 e. The molecule has 39 heavy (non-hydrogen) atoms. The molecule has 1 aliphatic heterocycles. The van der Waals surface area contributed by atoms with E-state index in [1.165, 1.54) is 18.2 Å². The molecular formula is C28H27FN4O5S. The summed E-state index contributed by atoms with van der Waals surface area (Å²) < 4.78 is 56.1. The molecule has 0 radical (unpaired) electrons. The number of aromatic nitrogens is 1. The second-order valence-corrected chi connectivity index (χ2v) is 10.5. The summed E-state index contributed by atoms with van der Waals surface area (Å²) in [5.41, 5.74) is 5.05. The molecule has 202 valence electrons. The highest BCUT2D eigenvalue weighted by Gasteiger charge is 2.22. The maximum absolute atomic E-state index is 14.9. The molecule has 3 aromatic carbocycles. The predicted molar refractivity (Wildman–Crippen MR) is 143 cm³/mol. The van der Waals surface area contributed by atoms with E-state index in [0.717, 1.165) is 11.1 Å². The number of benzene rings is 3. The molecule has 4 aromatic rings. The fourth-order valence-corrected chi connectivity index (χ4v) is 4.89. The molecule has 1 fully saturated rings. The van der Waals surface area contributed by atoms with Gasteiger partial charge in [0.15, 0.2) is 0 Å². The summed E-state index contributed by atoms with van der Waals surface area (Å²) in [6.07, 6.45) is 0. The SMILES string of the molecule is CC(c1ccc(-c2ccccc2)c(F)c1)c1cc(N=C(NOS(=O)(=O)c2ccccc2)N2CCOCC2)on1. The van der Waals surface area contributed by atoms with Gasteiger partial charge in [0.25, 0.3) is 5.88 Å². The summed E-state index contributed by atoms with van der Waals surface area (Å²) in [4.78, 5) is 6.22. The number of nitrogens with one attached hydrogen (secondary N) is 1. The van der Waals surface area contributed by atoms with Gasteiger partial charge in [0.2, 0.25) is 5.96 Å². The second kappa shape index (κ2) is 11.8. The maximum Gasteiger partial charge on any atom is 0.317 e. The highest BCUT2D eigenvalue weighted by molar-refractivity contribution is 7.86. The van der Waals surface area contributed by atoms with Gasteiger partial charge in [-0.25, -0.2) is 9.87 Å². The number of guanidine groups is 1.